The second-order valence-corrected chi connectivity index (χ2v) is 6.85. The minimum absolute atomic E-state index is 0.0350. The Hall–Kier alpha value is -2.00. The monoisotopic (exact) mass is 350 g/mol. The van der Waals surface area contributed by atoms with Gasteiger partial charge in [-0.15, -0.1) is 0 Å². The molecular weight excluding hydrogens is 328 g/mol. The summed E-state index contributed by atoms with van der Waals surface area (Å²) in [5, 5.41) is 12.3. The number of carbonyl (C=O) groups excluding carboxylic acids is 1. The lowest BCUT2D eigenvalue weighted by atomic mass is 9.98. The van der Waals surface area contributed by atoms with Crippen LogP contribution in [0, 0.1) is 6.92 Å². The van der Waals surface area contributed by atoms with E-state index in [2.05, 4.69) is 20.7 Å². The summed E-state index contributed by atoms with van der Waals surface area (Å²) in [5.74, 6) is 1.43. The average molecular weight is 350 g/mol. The number of amides is 1. The van der Waals surface area contributed by atoms with Crippen molar-refractivity contribution in [3.63, 3.8) is 0 Å². The molecule has 130 valence electrons. The molecule has 1 fully saturated rings. The smallest absolute Gasteiger partial charge is 0.307 e. The molecule has 0 unspecified atom stereocenters. The molecule has 9 heteroatoms. The van der Waals surface area contributed by atoms with Crippen molar-refractivity contribution in [1.29, 1.82) is 0 Å². The largest absolute Gasteiger partial charge is 0.317 e. The lowest BCUT2D eigenvalue weighted by molar-refractivity contribution is -0.116. The van der Waals surface area contributed by atoms with E-state index in [1.807, 2.05) is 6.92 Å². The lowest BCUT2D eigenvalue weighted by Gasteiger charge is -2.19. The molecule has 0 bridgehead atoms. The molecule has 0 spiro atoms. The molecule has 2 N–H and O–H groups in total. The van der Waals surface area contributed by atoms with Crippen molar-refractivity contribution in [3.8, 4) is 0 Å². The molecule has 1 aliphatic rings. The Morgan fingerprint density at radius 2 is 2.21 bits per heavy atom. The van der Waals surface area contributed by atoms with Crippen LogP contribution in [0.2, 0.25) is 0 Å². The number of anilines is 1. The molecule has 0 saturated carbocycles. The number of thiazole rings is 1. The second kappa shape index (κ2) is 7.27. The molecule has 1 saturated heterocycles. The van der Waals surface area contributed by atoms with Crippen LogP contribution in [-0.4, -0.2) is 38.3 Å². The number of hydrogen-bond donors (Lipinski definition) is 2. The van der Waals surface area contributed by atoms with Crippen LogP contribution in [0.1, 0.15) is 36.7 Å². The number of piperidine rings is 1. The highest BCUT2D eigenvalue weighted by Crippen LogP contribution is 2.23. The summed E-state index contributed by atoms with van der Waals surface area (Å²) in [5.41, 5.74) is 0.879. The fourth-order valence-corrected chi connectivity index (χ4v) is 3.60. The van der Waals surface area contributed by atoms with Crippen LogP contribution in [0.5, 0.6) is 0 Å². The summed E-state index contributed by atoms with van der Waals surface area (Å²) < 4.78 is 3.22. The predicted molar refractivity (Wildman–Crippen MR) is 92.4 cm³/mol. The highest BCUT2D eigenvalue weighted by molar-refractivity contribution is 7.07. The normalized spacial score (nSPS) is 15.6. The van der Waals surface area contributed by atoms with Crippen molar-refractivity contribution in [2.24, 2.45) is 7.05 Å². The van der Waals surface area contributed by atoms with Gasteiger partial charge in [0, 0.05) is 37.0 Å². The average Bonchev–Trinajstić information content (AvgIpc) is 3.09. The van der Waals surface area contributed by atoms with Gasteiger partial charge in [-0.3, -0.25) is 14.9 Å². The molecule has 24 heavy (non-hydrogen) atoms. The van der Waals surface area contributed by atoms with Crippen LogP contribution in [0.25, 0.3) is 0 Å². The quantitative estimate of drug-likeness (QED) is 0.833. The lowest BCUT2D eigenvalue weighted by Crippen LogP contribution is -2.27. The Morgan fingerprint density at radius 1 is 1.46 bits per heavy atom. The van der Waals surface area contributed by atoms with Gasteiger partial charge in [0.05, 0.1) is 0 Å². The summed E-state index contributed by atoms with van der Waals surface area (Å²) in [7, 11) is 1.78. The molecule has 2 aromatic rings. The predicted octanol–water partition coefficient (Wildman–Crippen LogP) is 0.843. The number of aromatic nitrogens is 4. The van der Waals surface area contributed by atoms with Gasteiger partial charge < -0.3 is 9.88 Å². The first-order chi connectivity index (χ1) is 11.5. The first-order valence-electron chi connectivity index (χ1n) is 8.11. The molecule has 1 amide bonds. The molecule has 3 heterocycles. The Morgan fingerprint density at radius 3 is 2.88 bits per heavy atom. The van der Waals surface area contributed by atoms with Gasteiger partial charge in [0.1, 0.15) is 0 Å². The van der Waals surface area contributed by atoms with Gasteiger partial charge in [-0.05, 0) is 32.9 Å². The first kappa shape index (κ1) is 16.8. The van der Waals surface area contributed by atoms with Gasteiger partial charge >= 0.3 is 4.87 Å². The number of rotatable bonds is 5. The zero-order valence-corrected chi connectivity index (χ0v) is 14.7. The topological polar surface area (TPSA) is 93.8 Å². The molecule has 0 aromatic carbocycles. The van der Waals surface area contributed by atoms with E-state index < -0.39 is 0 Å². The zero-order chi connectivity index (χ0) is 17.1. The van der Waals surface area contributed by atoms with Gasteiger partial charge in [0.25, 0.3) is 0 Å². The van der Waals surface area contributed by atoms with Crippen LogP contribution in [0.15, 0.2) is 10.2 Å². The maximum absolute atomic E-state index is 12.2. The van der Waals surface area contributed by atoms with Crippen LogP contribution in [0.4, 0.5) is 5.95 Å². The van der Waals surface area contributed by atoms with Crippen LogP contribution < -0.4 is 15.5 Å². The Balaban J connectivity index is 1.60. The molecule has 3 rings (SSSR count). The fourth-order valence-electron chi connectivity index (χ4n) is 2.84. The van der Waals surface area contributed by atoms with Gasteiger partial charge in [-0.2, -0.15) is 10.1 Å². The number of nitrogens with one attached hydrogen (secondary N) is 2. The Labute approximate surface area is 143 Å². The Bertz CT molecular complexity index is 771. The zero-order valence-electron chi connectivity index (χ0n) is 13.9. The maximum atomic E-state index is 12.2. The highest BCUT2D eigenvalue weighted by atomic mass is 32.1. The van der Waals surface area contributed by atoms with E-state index in [1.54, 1.807) is 21.7 Å². The van der Waals surface area contributed by atoms with Gasteiger partial charge in [-0.1, -0.05) is 11.3 Å². The molecular formula is C15H22N6O2S. The van der Waals surface area contributed by atoms with E-state index in [4.69, 9.17) is 0 Å². The summed E-state index contributed by atoms with van der Waals surface area (Å²) in [6.45, 7) is 4.18. The van der Waals surface area contributed by atoms with Crippen molar-refractivity contribution in [3.05, 3.63) is 26.6 Å². The third kappa shape index (κ3) is 3.73. The van der Waals surface area contributed by atoms with Gasteiger partial charge in [0.2, 0.25) is 11.9 Å². The number of aryl methyl sites for hydroxylation is 2. The number of carbonyl (C=O) groups is 1. The third-order valence-electron chi connectivity index (χ3n) is 4.27. The number of nitrogens with zero attached hydrogens (tertiary/aromatic N) is 4. The molecule has 0 radical (unpaired) electrons. The van der Waals surface area contributed by atoms with E-state index in [9.17, 15) is 9.59 Å². The van der Waals surface area contributed by atoms with E-state index in [-0.39, 0.29) is 17.2 Å². The second-order valence-electron chi connectivity index (χ2n) is 6.03. The van der Waals surface area contributed by atoms with Gasteiger partial charge in [0.15, 0.2) is 5.82 Å². The molecule has 8 nitrogen and oxygen atoms in total. The van der Waals surface area contributed by atoms with E-state index in [0.717, 1.165) is 48.8 Å². The van der Waals surface area contributed by atoms with E-state index in [1.165, 1.54) is 0 Å². The van der Waals surface area contributed by atoms with Crippen LogP contribution in [0.3, 0.4) is 0 Å². The molecule has 0 atom stereocenters. The maximum Gasteiger partial charge on any atom is 0.307 e. The summed E-state index contributed by atoms with van der Waals surface area (Å²) in [6.07, 6.45) is 2.25. The first-order valence-corrected chi connectivity index (χ1v) is 8.99. The summed E-state index contributed by atoms with van der Waals surface area (Å²) in [4.78, 5) is 28.3. The third-order valence-corrected chi connectivity index (χ3v) is 5.15. The van der Waals surface area contributed by atoms with E-state index >= 15 is 0 Å². The highest BCUT2D eigenvalue weighted by Gasteiger charge is 2.21. The van der Waals surface area contributed by atoms with Crippen LogP contribution >= 0.6 is 11.3 Å². The molecule has 2 aromatic heterocycles. The van der Waals surface area contributed by atoms with E-state index in [0.29, 0.717) is 18.4 Å². The summed E-state index contributed by atoms with van der Waals surface area (Å²) in [6, 6.07) is 0. The van der Waals surface area contributed by atoms with Gasteiger partial charge in [-0.25, -0.2) is 4.68 Å². The minimum atomic E-state index is -0.167. The number of hydrogen-bond acceptors (Lipinski definition) is 6. The molecule has 0 aliphatic carbocycles. The van der Waals surface area contributed by atoms with Crippen molar-refractivity contribution >= 4 is 23.2 Å². The minimum Gasteiger partial charge on any atom is -0.317 e. The van der Waals surface area contributed by atoms with Crippen LogP contribution in [-0.2, 0) is 18.4 Å². The Kier molecular flexibility index (Phi) is 5.10. The van der Waals surface area contributed by atoms with Crippen molar-refractivity contribution in [1.82, 2.24) is 24.6 Å². The van der Waals surface area contributed by atoms with Crippen molar-refractivity contribution < 1.29 is 4.79 Å². The molecule has 1 aliphatic heterocycles. The summed E-state index contributed by atoms with van der Waals surface area (Å²) >= 11 is 1.15. The van der Waals surface area contributed by atoms with Crippen molar-refractivity contribution in [2.45, 2.75) is 38.6 Å². The SMILES string of the molecule is Cc1csc(=O)n1CCC(=O)Nc1nc(C2CCNCC2)nn1C. The van der Waals surface area contributed by atoms with Crippen molar-refractivity contribution in [2.75, 3.05) is 18.4 Å². The fraction of sp³-hybridized carbons (Fsp3) is 0.600. The standard InChI is InChI=1S/C15H22N6O2S/c1-10-9-24-15(23)21(10)8-5-12(22)17-14-18-13(19-20(14)2)11-3-6-16-7-4-11/h9,11,16H,3-8H2,1-2H3,(H,17,18,19,22).